The van der Waals surface area contributed by atoms with Gasteiger partial charge >= 0.3 is 29.6 Å². The Balaban J connectivity index is 0.00000220. The molecule has 0 spiro atoms. The van der Waals surface area contributed by atoms with Crippen molar-refractivity contribution < 1.29 is 52.0 Å². The van der Waals surface area contributed by atoms with Gasteiger partial charge in [0.1, 0.15) is 10.1 Å². The first-order chi connectivity index (χ1) is 9.45. The molecule has 21 heavy (non-hydrogen) atoms. The number of rotatable bonds is 5. The van der Waals surface area contributed by atoms with Crippen LogP contribution in [0.15, 0.2) is 35.2 Å². The summed E-state index contributed by atoms with van der Waals surface area (Å²) in [5, 5.41) is 1.40. The molecule has 0 aliphatic rings. The summed E-state index contributed by atoms with van der Waals surface area (Å²) in [6.07, 6.45) is 0. The second kappa shape index (κ2) is 7.47. The van der Waals surface area contributed by atoms with E-state index in [2.05, 4.69) is 0 Å². The molecule has 0 N–H and O–H groups in total. The van der Waals surface area contributed by atoms with E-state index in [1.165, 1.54) is 12.1 Å². The smallest absolute Gasteiger partial charge is 0.744 e. The molecule has 0 atom stereocenters. The molecule has 2 aromatic rings. The summed E-state index contributed by atoms with van der Waals surface area (Å²) < 4.78 is 44.1. The molecule has 108 valence electrons. The van der Waals surface area contributed by atoms with Gasteiger partial charge in [-0.2, -0.15) is 0 Å². The molecule has 0 aromatic heterocycles. The number of hydrogen-bond acceptors (Lipinski definition) is 5. The van der Waals surface area contributed by atoms with Gasteiger partial charge in [-0.3, -0.25) is 0 Å². The Morgan fingerprint density at radius 1 is 0.952 bits per heavy atom. The molecule has 0 fully saturated rings. The number of ether oxygens (including phenoxy) is 2. The number of benzene rings is 2. The van der Waals surface area contributed by atoms with Gasteiger partial charge in [0.2, 0.25) is 0 Å². The molecule has 5 nitrogen and oxygen atoms in total. The quantitative estimate of drug-likeness (QED) is 0.551. The van der Waals surface area contributed by atoms with E-state index in [9.17, 15) is 13.0 Å². The number of fused-ring (bicyclic) bond motifs is 1. The fourth-order valence-corrected chi connectivity index (χ4v) is 2.43. The molecule has 2 aromatic carbocycles. The van der Waals surface area contributed by atoms with Gasteiger partial charge in [0, 0.05) is 0 Å². The Hall–Kier alpha value is -0.790. The summed E-state index contributed by atoms with van der Waals surface area (Å²) in [6, 6.07) is 7.67. The molecule has 0 unspecified atom stereocenters. The van der Waals surface area contributed by atoms with E-state index in [0.29, 0.717) is 30.1 Å². The zero-order chi connectivity index (χ0) is 14.8. The summed E-state index contributed by atoms with van der Waals surface area (Å²) in [5.74, 6) is 1.13. The molecule has 7 heteroatoms. The Morgan fingerprint density at radius 2 is 1.48 bits per heavy atom. The molecule has 0 radical (unpaired) electrons. The van der Waals surface area contributed by atoms with Crippen molar-refractivity contribution in [3.63, 3.8) is 0 Å². The molecular weight excluding hydrogens is 303 g/mol. The van der Waals surface area contributed by atoms with Crippen molar-refractivity contribution in [2.75, 3.05) is 13.2 Å². The fourth-order valence-electron chi connectivity index (χ4n) is 1.93. The molecule has 2 rings (SSSR count). The summed E-state index contributed by atoms with van der Waals surface area (Å²) in [7, 11) is -4.46. The van der Waals surface area contributed by atoms with Crippen molar-refractivity contribution >= 4 is 20.9 Å². The van der Waals surface area contributed by atoms with Crippen LogP contribution in [0.3, 0.4) is 0 Å². The van der Waals surface area contributed by atoms with Crippen LogP contribution in [0.25, 0.3) is 10.8 Å². The maximum Gasteiger partial charge on any atom is 1.00 e. The van der Waals surface area contributed by atoms with Crippen LogP contribution in [0, 0.1) is 0 Å². The van der Waals surface area contributed by atoms with E-state index in [4.69, 9.17) is 9.47 Å². The summed E-state index contributed by atoms with van der Waals surface area (Å²) in [4.78, 5) is -0.253. The van der Waals surface area contributed by atoms with E-state index in [1.54, 1.807) is 18.2 Å². The van der Waals surface area contributed by atoms with Crippen LogP contribution in [0.2, 0.25) is 0 Å². The summed E-state index contributed by atoms with van der Waals surface area (Å²) >= 11 is 0. The molecule has 0 aliphatic carbocycles. The second-order valence-electron chi connectivity index (χ2n) is 4.13. The predicted molar refractivity (Wildman–Crippen MR) is 74.2 cm³/mol. The fraction of sp³-hybridized carbons (Fsp3) is 0.286. The topological polar surface area (TPSA) is 75.7 Å². The van der Waals surface area contributed by atoms with Crippen LogP contribution < -0.4 is 39.0 Å². The van der Waals surface area contributed by atoms with Crippen LogP contribution >= 0.6 is 0 Å². The van der Waals surface area contributed by atoms with E-state index >= 15 is 0 Å². The first-order valence-electron chi connectivity index (χ1n) is 6.25. The average molecular weight is 318 g/mol. The van der Waals surface area contributed by atoms with Gasteiger partial charge in [-0.1, -0.05) is 6.07 Å². The molecular formula is C14H15NaO5S. The molecule has 0 saturated heterocycles. The van der Waals surface area contributed by atoms with Gasteiger partial charge in [-0.15, -0.1) is 0 Å². The van der Waals surface area contributed by atoms with Gasteiger partial charge in [-0.05, 0) is 48.9 Å². The Kier molecular flexibility index (Phi) is 6.49. The maximum absolute atomic E-state index is 11.0. The van der Waals surface area contributed by atoms with Gasteiger partial charge in [0.25, 0.3) is 0 Å². The normalized spacial score (nSPS) is 11.0. The van der Waals surface area contributed by atoms with Gasteiger partial charge < -0.3 is 14.0 Å². The van der Waals surface area contributed by atoms with Crippen LogP contribution in [0.1, 0.15) is 13.8 Å². The third kappa shape index (κ3) is 4.34. The zero-order valence-electron chi connectivity index (χ0n) is 12.3. The minimum absolute atomic E-state index is 0. The predicted octanol–water partition coefficient (Wildman–Crippen LogP) is -0.455. The van der Waals surface area contributed by atoms with Crippen molar-refractivity contribution in [1.82, 2.24) is 0 Å². The largest absolute Gasteiger partial charge is 1.00 e. The standard InChI is InChI=1S/C14H16O5S.Na/c1-3-18-13-8-10-5-6-12(20(15,16)17)7-11(10)9-14(13)19-4-2;/h5-9H,3-4H2,1-2H3,(H,15,16,17);/q;+1/p-1. The van der Waals surface area contributed by atoms with Crippen LogP contribution in [0.5, 0.6) is 11.5 Å². The van der Waals surface area contributed by atoms with E-state index in [0.717, 1.165) is 5.39 Å². The first kappa shape index (κ1) is 18.3. The van der Waals surface area contributed by atoms with E-state index in [1.807, 2.05) is 13.8 Å². The van der Waals surface area contributed by atoms with Gasteiger partial charge in [0.05, 0.1) is 18.1 Å². The molecule has 0 aliphatic heterocycles. The first-order valence-corrected chi connectivity index (χ1v) is 7.65. The third-order valence-electron chi connectivity index (χ3n) is 2.76. The maximum atomic E-state index is 11.0. The second-order valence-corrected chi connectivity index (χ2v) is 5.51. The van der Waals surface area contributed by atoms with Crippen LogP contribution in [-0.2, 0) is 10.1 Å². The summed E-state index contributed by atoms with van der Waals surface area (Å²) in [6.45, 7) is 4.68. The van der Waals surface area contributed by atoms with Gasteiger partial charge in [0.15, 0.2) is 11.5 Å². The molecule has 0 heterocycles. The minimum Gasteiger partial charge on any atom is -0.744 e. The molecule has 0 saturated carbocycles. The monoisotopic (exact) mass is 318 g/mol. The molecule has 0 bridgehead atoms. The summed E-state index contributed by atoms with van der Waals surface area (Å²) in [5.41, 5.74) is 0. The van der Waals surface area contributed by atoms with Gasteiger partial charge in [-0.25, -0.2) is 8.42 Å². The van der Waals surface area contributed by atoms with Crippen LogP contribution in [0.4, 0.5) is 0 Å². The minimum atomic E-state index is -4.46. The SMILES string of the molecule is CCOc1cc2ccc(S(=O)(=O)[O-])cc2cc1OCC.[Na+]. The Bertz CT molecular complexity index is 727. The van der Waals surface area contributed by atoms with Crippen molar-refractivity contribution in [3.8, 4) is 11.5 Å². The molecule has 0 amide bonds. The zero-order valence-corrected chi connectivity index (χ0v) is 15.1. The third-order valence-corrected chi connectivity index (χ3v) is 3.59. The van der Waals surface area contributed by atoms with Crippen molar-refractivity contribution in [1.29, 1.82) is 0 Å². The van der Waals surface area contributed by atoms with Crippen molar-refractivity contribution in [3.05, 3.63) is 30.3 Å². The number of hydrogen-bond donors (Lipinski definition) is 0. The Labute approximate surface area is 146 Å². The Morgan fingerprint density at radius 3 is 1.95 bits per heavy atom. The van der Waals surface area contributed by atoms with Crippen molar-refractivity contribution in [2.24, 2.45) is 0 Å². The van der Waals surface area contributed by atoms with Crippen LogP contribution in [-0.4, -0.2) is 26.2 Å². The van der Waals surface area contributed by atoms with E-state index < -0.39 is 10.1 Å². The van der Waals surface area contributed by atoms with E-state index in [-0.39, 0.29) is 34.5 Å². The van der Waals surface area contributed by atoms with Crippen molar-refractivity contribution in [2.45, 2.75) is 18.7 Å². The average Bonchev–Trinajstić information content (AvgIpc) is 2.38.